The van der Waals surface area contributed by atoms with E-state index in [0.717, 1.165) is 19.5 Å². The maximum absolute atomic E-state index is 11.8. The summed E-state index contributed by atoms with van der Waals surface area (Å²) in [5.41, 5.74) is 0. The van der Waals surface area contributed by atoms with Crippen molar-refractivity contribution >= 4 is 10.0 Å². The van der Waals surface area contributed by atoms with Crippen molar-refractivity contribution in [1.82, 2.24) is 14.9 Å². The molecular formula is C10H23N3O2S. The molecule has 0 aliphatic carbocycles. The molecule has 1 aliphatic heterocycles. The molecule has 5 nitrogen and oxygen atoms in total. The zero-order valence-electron chi connectivity index (χ0n) is 10.4. The van der Waals surface area contributed by atoms with Crippen LogP contribution in [0, 0.1) is 0 Å². The maximum Gasteiger partial charge on any atom is 0.215 e. The molecule has 96 valence electrons. The van der Waals surface area contributed by atoms with Gasteiger partial charge in [-0.05, 0) is 33.9 Å². The van der Waals surface area contributed by atoms with Crippen LogP contribution in [-0.2, 0) is 10.0 Å². The first kappa shape index (κ1) is 13.9. The molecule has 1 aliphatic rings. The van der Waals surface area contributed by atoms with Gasteiger partial charge in [-0.15, -0.1) is 0 Å². The highest BCUT2D eigenvalue weighted by Crippen LogP contribution is 2.07. The smallest absolute Gasteiger partial charge is 0.215 e. The van der Waals surface area contributed by atoms with Crippen LogP contribution >= 0.6 is 0 Å². The summed E-state index contributed by atoms with van der Waals surface area (Å²) in [7, 11) is -1.12. The number of nitrogens with zero attached hydrogens (tertiary/aromatic N) is 1. The fourth-order valence-corrected chi connectivity index (χ4v) is 3.01. The Labute approximate surface area is 98.6 Å². The van der Waals surface area contributed by atoms with Gasteiger partial charge in [-0.1, -0.05) is 0 Å². The van der Waals surface area contributed by atoms with E-state index in [1.807, 2.05) is 7.05 Å². The highest BCUT2D eigenvalue weighted by Gasteiger charge is 2.27. The van der Waals surface area contributed by atoms with Gasteiger partial charge in [0.25, 0.3) is 0 Å². The largest absolute Gasteiger partial charge is 0.315 e. The van der Waals surface area contributed by atoms with Crippen molar-refractivity contribution in [3.05, 3.63) is 0 Å². The summed E-state index contributed by atoms with van der Waals surface area (Å²) in [5, 5.41) is 2.81. The van der Waals surface area contributed by atoms with Crippen LogP contribution in [0.25, 0.3) is 0 Å². The van der Waals surface area contributed by atoms with E-state index in [1.54, 1.807) is 0 Å². The lowest BCUT2D eigenvalue weighted by Gasteiger charge is -2.21. The van der Waals surface area contributed by atoms with Crippen molar-refractivity contribution < 1.29 is 8.42 Å². The Morgan fingerprint density at radius 3 is 2.69 bits per heavy atom. The summed E-state index contributed by atoms with van der Waals surface area (Å²) in [6.45, 7) is 6.81. The number of nitrogens with one attached hydrogen (secondary N) is 2. The number of sulfonamides is 1. The molecule has 0 saturated carbocycles. The molecule has 0 spiro atoms. The van der Waals surface area contributed by atoms with E-state index in [1.165, 1.54) is 0 Å². The Kier molecular flexibility index (Phi) is 5.17. The van der Waals surface area contributed by atoms with Crippen LogP contribution in [0.15, 0.2) is 0 Å². The summed E-state index contributed by atoms with van der Waals surface area (Å²) in [5.74, 6) is 0. The molecule has 0 amide bonds. The fourth-order valence-electron chi connectivity index (χ4n) is 1.63. The van der Waals surface area contributed by atoms with Crippen molar-refractivity contribution in [2.45, 2.75) is 31.6 Å². The van der Waals surface area contributed by atoms with Crippen LogP contribution in [0.2, 0.25) is 0 Å². The second-order valence-corrected chi connectivity index (χ2v) is 6.67. The minimum absolute atomic E-state index is 0.253. The predicted molar refractivity (Wildman–Crippen MR) is 66.0 cm³/mol. The van der Waals surface area contributed by atoms with Gasteiger partial charge in [0.2, 0.25) is 10.0 Å². The molecule has 1 saturated heterocycles. The van der Waals surface area contributed by atoms with E-state index in [0.29, 0.717) is 19.1 Å². The van der Waals surface area contributed by atoms with Gasteiger partial charge in [0.05, 0.1) is 5.25 Å². The van der Waals surface area contributed by atoms with Gasteiger partial charge >= 0.3 is 0 Å². The first-order valence-electron chi connectivity index (χ1n) is 5.83. The van der Waals surface area contributed by atoms with Crippen LogP contribution in [0.5, 0.6) is 0 Å². The van der Waals surface area contributed by atoms with Crippen LogP contribution in [-0.4, -0.2) is 57.8 Å². The molecule has 0 radical (unpaired) electrons. The van der Waals surface area contributed by atoms with E-state index < -0.39 is 10.0 Å². The van der Waals surface area contributed by atoms with Crippen molar-refractivity contribution in [3.63, 3.8) is 0 Å². The number of likely N-dealkylation sites (N-methyl/N-ethyl adjacent to an activating group) is 1. The highest BCUT2D eigenvalue weighted by atomic mass is 32.2. The van der Waals surface area contributed by atoms with Crippen molar-refractivity contribution in [2.75, 3.05) is 33.2 Å². The lowest BCUT2D eigenvalue weighted by atomic mass is 10.3. The van der Waals surface area contributed by atoms with E-state index in [2.05, 4.69) is 28.8 Å². The number of hydrogen-bond donors (Lipinski definition) is 2. The van der Waals surface area contributed by atoms with E-state index in [4.69, 9.17) is 0 Å². The van der Waals surface area contributed by atoms with Crippen molar-refractivity contribution in [1.29, 1.82) is 0 Å². The van der Waals surface area contributed by atoms with Crippen LogP contribution in [0.4, 0.5) is 0 Å². The number of rotatable bonds is 6. The van der Waals surface area contributed by atoms with Crippen molar-refractivity contribution in [3.8, 4) is 0 Å². The standard InChI is InChI=1S/C10H23N3O2S/c1-9(2)13(3)7-6-12-16(14,15)10-4-5-11-8-10/h9-12H,4-8H2,1-3H3. The lowest BCUT2D eigenvalue weighted by Crippen LogP contribution is -2.40. The minimum Gasteiger partial charge on any atom is -0.315 e. The van der Waals surface area contributed by atoms with Gasteiger partial charge in [0.15, 0.2) is 0 Å². The van der Waals surface area contributed by atoms with E-state index >= 15 is 0 Å². The molecule has 6 heteroatoms. The third kappa shape index (κ3) is 4.01. The molecule has 0 aromatic rings. The van der Waals surface area contributed by atoms with Gasteiger partial charge in [0.1, 0.15) is 0 Å². The van der Waals surface area contributed by atoms with Crippen LogP contribution in [0.3, 0.4) is 0 Å². The fraction of sp³-hybridized carbons (Fsp3) is 1.00. The Morgan fingerprint density at radius 1 is 1.50 bits per heavy atom. The SMILES string of the molecule is CC(C)N(C)CCNS(=O)(=O)C1CCNC1. The zero-order valence-corrected chi connectivity index (χ0v) is 11.2. The maximum atomic E-state index is 11.8. The number of hydrogen-bond acceptors (Lipinski definition) is 4. The monoisotopic (exact) mass is 249 g/mol. The lowest BCUT2D eigenvalue weighted by molar-refractivity contribution is 0.278. The Morgan fingerprint density at radius 2 is 2.19 bits per heavy atom. The average molecular weight is 249 g/mol. The topological polar surface area (TPSA) is 61.4 Å². The summed E-state index contributed by atoms with van der Waals surface area (Å²) in [6.07, 6.45) is 0.718. The molecule has 1 heterocycles. The average Bonchev–Trinajstić information content (AvgIpc) is 2.70. The predicted octanol–water partition coefficient (Wildman–Crippen LogP) is -0.392. The second kappa shape index (κ2) is 5.95. The quantitative estimate of drug-likeness (QED) is 0.673. The third-order valence-electron chi connectivity index (χ3n) is 3.10. The van der Waals surface area contributed by atoms with Crippen LogP contribution < -0.4 is 10.0 Å². The summed E-state index contributed by atoms with van der Waals surface area (Å²) < 4.78 is 26.3. The Bertz CT molecular complexity index is 297. The molecule has 16 heavy (non-hydrogen) atoms. The van der Waals surface area contributed by atoms with Gasteiger partial charge in [-0.25, -0.2) is 13.1 Å². The molecule has 1 atom stereocenters. The molecule has 0 aromatic heterocycles. The van der Waals surface area contributed by atoms with Gasteiger partial charge < -0.3 is 10.2 Å². The molecule has 0 aromatic carbocycles. The highest BCUT2D eigenvalue weighted by molar-refractivity contribution is 7.90. The molecule has 1 fully saturated rings. The van der Waals surface area contributed by atoms with E-state index in [-0.39, 0.29) is 5.25 Å². The van der Waals surface area contributed by atoms with Crippen LogP contribution in [0.1, 0.15) is 20.3 Å². The normalized spacial score (nSPS) is 22.2. The zero-order chi connectivity index (χ0) is 12.2. The van der Waals surface area contributed by atoms with Gasteiger partial charge in [-0.3, -0.25) is 0 Å². The Hall–Kier alpha value is -0.170. The van der Waals surface area contributed by atoms with Gasteiger partial charge in [0, 0.05) is 25.7 Å². The Balaban J connectivity index is 2.31. The molecule has 1 unspecified atom stereocenters. The summed E-state index contributed by atoms with van der Waals surface area (Å²) in [6, 6.07) is 0.442. The summed E-state index contributed by atoms with van der Waals surface area (Å²) in [4.78, 5) is 2.12. The molecule has 1 rings (SSSR count). The van der Waals surface area contributed by atoms with E-state index in [9.17, 15) is 8.42 Å². The van der Waals surface area contributed by atoms with Crippen molar-refractivity contribution in [2.24, 2.45) is 0 Å². The first-order valence-corrected chi connectivity index (χ1v) is 7.37. The molecule has 2 N–H and O–H groups in total. The second-order valence-electron chi connectivity index (χ2n) is 4.63. The van der Waals surface area contributed by atoms with Gasteiger partial charge in [-0.2, -0.15) is 0 Å². The third-order valence-corrected chi connectivity index (χ3v) is 4.99. The molecule has 0 bridgehead atoms. The minimum atomic E-state index is -3.12. The summed E-state index contributed by atoms with van der Waals surface area (Å²) >= 11 is 0. The first-order chi connectivity index (χ1) is 7.43. The molecular weight excluding hydrogens is 226 g/mol.